The van der Waals surface area contributed by atoms with Crippen molar-refractivity contribution in [3.8, 4) is 0 Å². The SMILES string of the molecule is COC(=O)c1c(C)[nH]c(C(=O)CN(C)Cc2cccc(Cl)c2Cl)c1C. The van der Waals surface area contributed by atoms with Crippen molar-refractivity contribution < 1.29 is 14.3 Å². The van der Waals surface area contributed by atoms with Crippen LogP contribution in [-0.4, -0.2) is 42.3 Å². The molecule has 0 saturated carbocycles. The lowest BCUT2D eigenvalue weighted by Gasteiger charge is -2.17. The lowest BCUT2D eigenvalue weighted by Crippen LogP contribution is -2.26. The number of hydrogen-bond donors (Lipinski definition) is 1. The summed E-state index contributed by atoms with van der Waals surface area (Å²) in [5.41, 5.74) is 2.89. The Labute approximate surface area is 156 Å². The third-order valence-corrected chi connectivity index (χ3v) is 4.85. The highest BCUT2D eigenvalue weighted by Crippen LogP contribution is 2.26. The fourth-order valence-electron chi connectivity index (χ4n) is 2.78. The molecule has 2 aromatic rings. The van der Waals surface area contributed by atoms with Crippen LogP contribution in [0.1, 0.15) is 37.7 Å². The molecule has 0 aliphatic heterocycles. The number of H-pyrrole nitrogens is 1. The number of aromatic nitrogens is 1. The summed E-state index contributed by atoms with van der Waals surface area (Å²) < 4.78 is 4.77. The zero-order chi connectivity index (χ0) is 18.7. The van der Waals surface area contributed by atoms with Gasteiger partial charge in [-0.05, 0) is 38.1 Å². The van der Waals surface area contributed by atoms with Crippen molar-refractivity contribution in [1.82, 2.24) is 9.88 Å². The van der Waals surface area contributed by atoms with Crippen molar-refractivity contribution in [2.75, 3.05) is 20.7 Å². The molecule has 134 valence electrons. The number of carbonyl (C=O) groups excluding carboxylic acids is 2. The number of ether oxygens (including phenoxy) is 1. The molecule has 0 bridgehead atoms. The number of rotatable bonds is 6. The van der Waals surface area contributed by atoms with Gasteiger partial charge in [0.2, 0.25) is 0 Å². The van der Waals surface area contributed by atoms with Crippen molar-refractivity contribution in [3.63, 3.8) is 0 Å². The van der Waals surface area contributed by atoms with Gasteiger partial charge in [0.05, 0.1) is 35.0 Å². The van der Waals surface area contributed by atoms with Gasteiger partial charge in [0.15, 0.2) is 5.78 Å². The molecule has 1 N–H and O–H groups in total. The summed E-state index contributed by atoms with van der Waals surface area (Å²) in [6.45, 7) is 4.13. The van der Waals surface area contributed by atoms with E-state index >= 15 is 0 Å². The molecule has 0 aliphatic carbocycles. The number of nitrogens with zero attached hydrogens (tertiary/aromatic N) is 1. The number of nitrogens with one attached hydrogen (secondary N) is 1. The normalized spacial score (nSPS) is 11.0. The van der Waals surface area contributed by atoms with Gasteiger partial charge in [0.1, 0.15) is 0 Å². The van der Waals surface area contributed by atoms with Gasteiger partial charge in [-0.1, -0.05) is 35.3 Å². The molecule has 1 aromatic carbocycles. The number of aryl methyl sites for hydroxylation is 1. The second kappa shape index (κ2) is 8.04. The summed E-state index contributed by atoms with van der Waals surface area (Å²) >= 11 is 12.2. The maximum Gasteiger partial charge on any atom is 0.339 e. The standard InChI is InChI=1S/C18H20Cl2N2O3/c1-10-15(18(24)25-4)11(2)21-17(10)14(23)9-22(3)8-12-6-5-7-13(19)16(12)20/h5-7,21H,8-9H2,1-4H3. The van der Waals surface area contributed by atoms with E-state index in [4.69, 9.17) is 27.9 Å². The largest absolute Gasteiger partial charge is 0.465 e. The van der Waals surface area contributed by atoms with Gasteiger partial charge in [-0.3, -0.25) is 9.69 Å². The van der Waals surface area contributed by atoms with Gasteiger partial charge in [-0.2, -0.15) is 0 Å². The zero-order valence-electron chi connectivity index (χ0n) is 14.6. The number of hydrogen-bond acceptors (Lipinski definition) is 4. The number of benzene rings is 1. The quantitative estimate of drug-likeness (QED) is 0.604. The monoisotopic (exact) mass is 382 g/mol. The topological polar surface area (TPSA) is 62.4 Å². The van der Waals surface area contributed by atoms with Gasteiger partial charge >= 0.3 is 5.97 Å². The summed E-state index contributed by atoms with van der Waals surface area (Å²) in [4.78, 5) is 29.3. The van der Waals surface area contributed by atoms with Gasteiger partial charge in [-0.25, -0.2) is 4.79 Å². The number of esters is 1. The van der Waals surface area contributed by atoms with Crippen molar-refractivity contribution >= 4 is 35.0 Å². The Kier molecular flexibility index (Phi) is 6.27. The second-order valence-corrected chi connectivity index (χ2v) is 6.71. The van der Waals surface area contributed by atoms with Crippen molar-refractivity contribution in [3.05, 3.63) is 56.3 Å². The Balaban J connectivity index is 2.14. The predicted octanol–water partition coefficient (Wildman–Crippen LogP) is 4.04. The van der Waals surface area contributed by atoms with Crippen LogP contribution in [0.25, 0.3) is 0 Å². The first-order valence-electron chi connectivity index (χ1n) is 7.68. The Morgan fingerprint density at radius 1 is 1.24 bits per heavy atom. The smallest absolute Gasteiger partial charge is 0.339 e. The molecule has 0 amide bonds. The summed E-state index contributed by atoms with van der Waals surface area (Å²) in [7, 11) is 3.14. The molecule has 1 aromatic heterocycles. The first-order valence-corrected chi connectivity index (χ1v) is 8.44. The van der Waals surface area contributed by atoms with Crippen LogP contribution in [0.4, 0.5) is 0 Å². The first-order chi connectivity index (χ1) is 11.8. The average molecular weight is 383 g/mol. The molecular formula is C18H20Cl2N2O3. The fraction of sp³-hybridized carbons (Fsp3) is 0.333. The minimum absolute atomic E-state index is 0.114. The Morgan fingerprint density at radius 3 is 2.56 bits per heavy atom. The number of methoxy groups -OCH3 is 1. The van der Waals surface area contributed by atoms with Crippen LogP contribution in [0.5, 0.6) is 0 Å². The van der Waals surface area contributed by atoms with Gasteiger partial charge < -0.3 is 9.72 Å². The maximum absolute atomic E-state index is 12.6. The lowest BCUT2D eigenvalue weighted by atomic mass is 10.1. The summed E-state index contributed by atoms with van der Waals surface area (Å²) in [6.07, 6.45) is 0. The summed E-state index contributed by atoms with van der Waals surface area (Å²) in [6, 6.07) is 5.41. The average Bonchev–Trinajstić information content (AvgIpc) is 2.86. The van der Waals surface area contributed by atoms with E-state index in [1.807, 2.05) is 24.1 Å². The molecular weight excluding hydrogens is 363 g/mol. The van der Waals surface area contributed by atoms with Gasteiger partial charge in [-0.15, -0.1) is 0 Å². The second-order valence-electron chi connectivity index (χ2n) is 5.92. The number of Topliss-reactive ketones (excluding diaryl/α,β-unsaturated/α-hetero) is 1. The molecule has 5 nitrogen and oxygen atoms in total. The molecule has 0 spiro atoms. The third kappa shape index (κ3) is 4.24. The molecule has 0 radical (unpaired) electrons. The zero-order valence-corrected chi connectivity index (χ0v) is 16.1. The van der Waals surface area contributed by atoms with Crippen LogP contribution in [0.2, 0.25) is 10.0 Å². The van der Waals surface area contributed by atoms with Gasteiger partial charge in [0.25, 0.3) is 0 Å². The van der Waals surface area contributed by atoms with E-state index in [2.05, 4.69) is 4.98 Å². The number of likely N-dealkylation sites (N-methyl/N-ethyl adjacent to an activating group) is 1. The molecule has 7 heteroatoms. The Morgan fingerprint density at radius 2 is 1.92 bits per heavy atom. The number of halogens is 2. The molecule has 0 unspecified atom stereocenters. The molecule has 0 atom stereocenters. The van der Waals surface area contributed by atoms with Crippen LogP contribution >= 0.6 is 23.2 Å². The number of carbonyl (C=O) groups is 2. The van der Waals surface area contributed by atoms with E-state index in [0.29, 0.717) is 39.1 Å². The molecule has 25 heavy (non-hydrogen) atoms. The summed E-state index contributed by atoms with van der Waals surface area (Å²) in [5.74, 6) is -0.569. The summed E-state index contributed by atoms with van der Waals surface area (Å²) in [5, 5.41) is 0.973. The van der Waals surface area contributed by atoms with Crippen LogP contribution in [0.3, 0.4) is 0 Å². The fourth-order valence-corrected chi connectivity index (χ4v) is 3.16. The lowest BCUT2D eigenvalue weighted by molar-refractivity contribution is 0.0599. The Bertz CT molecular complexity index is 815. The third-order valence-electron chi connectivity index (χ3n) is 3.99. The van der Waals surface area contributed by atoms with Crippen molar-refractivity contribution in [1.29, 1.82) is 0 Å². The Hall–Kier alpha value is -1.82. The van der Waals surface area contributed by atoms with Crippen molar-refractivity contribution in [2.24, 2.45) is 0 Å². The van der Waals surface area contributed by atoms with Crippen molar-refractivity contribution in [2.45, 2.75) is 20.4 Å². The van der Waals surface area contributed by atoms with Crippen LogP contribution in [0.15, 0.2) is 18.2 Å². The van der Waals surface area contributed by atoms with Gasteiger partial charge in [0, 0.05) is 12.2 Å². The molecule has 1 heterocycles. The van der Waals surface area contributed by atoms with E-state index in [0.717, 1.165) is 5.56 Å². The van der Waals surface area contributed by atoms with E-state index in [9.17, 15) is 9.59 Å². The molecule has 0 saturated heterocycles. The molecule has 0 aliphatic rings. The van der Waals surface area contributed by atoms with Crippen LogP contribution in [-0.2, 0) is 11.3 Å². The highest BCUT2D eigenvalue weighted by Gasteiger charge is 2.23. The number of ketones is 1. The maximum atomic E-state index is 12.6. The van der Waals surface area contributed by atoms with E-state index in [1.165, 1.54) is 7.11 Å². The van der Waals surface area contributed by atoms with E-state index in [-0.39, 0.29) is 12.3 Å². The highest BCUT2D eigenvalue weighted by atomic mass is 35.5. The predicted molar refractivity (Wildman–Crippen MR) is 98.7 cm³/mol. The minimum Gasteiger partial charge on any atom is -0.465 e. The van der Waals surface area contributed by atoms with E-state index in [1.54, 1.807) is 19.9 Å². The van der Waals surface area contributed by atoms with Crippen LogP contribution < -0.4 is 0 Å². The molecule has 2 rings (SSSR count). The first kappa shape index (κ1) is 19.5. The highest BCUT2D eigenvalue weighted by molar-refractivity contribution is 6.42. The minimum atomic E-state index is -0.454. The van der Waals surface area contributed by atoms with Crippen LogP contribution in [0, 0.1) is 13.8 Å². The number of aromatic amines is 1. The molecule has 0 fully saturated rings. The van der Waals surface area contributed by atoms with E-state index < -0.39 is 5.97 Å².